The van der Waals surface area contributed by atoms with E-state index in [1.54, 1.807) is 48.5 Å². The minimum absolute atomic E-state index is 0.186. The van der Waals surface area contributed by atoms with Crippen molar-refractivity contribution >= 4 is 50.6 Å². The van der Waals surface area contributed by atoms with E-state index in [2.05, 4.69) is 15.9 Å². The quantitative estimate of drug-likeness (QED) is 0.406. The number of nitrogen functional groups attached to an aromatic ring is 1. The molecule has 0 fully saturated rings. The van der Waals surface area contributed by atoms with Gasteiger partial charge >= 0.3 is 0 Å². The number of Topliss-reactive ketones (excluding diaryl/α,β-unsaturated/α-hetero) is 1. The topological polar surface area (TPSA) is 83.6 Å². The van der Waals surface area contributed by atoms with E-state index in [1.165, 1.54) is 4.90 Å². The highest BCUT2D eigenvalue weighted by atomic mass is 79.9. The molecule has 0 radical (unpaired) electrons. The van der Waals surface area contributed by atoms with Crippen LogP contribution in [0.4, 0.5) is 11.4 Å². The maximum Gasteiger partial charge on any atom is 0.264 e. The molecular formula is C23H18BrClN2O3. The first-order valence-corrected chi connectivity index (χ1v) is 10.4. The third-order valence-electron chi connectivity index (χ3n) is 5.23. The van der Waals surface area contributed by atoms with Crippen molar-refractivity contribution in [3.8, 4) is 0 Å². The molecule has 3 N–H and O–H groups in total. The van der Waals surface area contributed by atoms with Crippen molar-refractivity contribution in [3.05, 3.63) is 92.9 Å². The Morgan fingerprint density at radius 3 is 2.50 bits per heavy atom. The number of fused-ring (bicyclic) bond motifs is 1. The van der Waals surface area contributed by atoms with Crippen molar-refractivity contribution < 1.29 is 14.7 Å². The molecule has 5 nitrogen and oxygen atoms in total. The van der Waals surface area contributed by atoms with Gasteiger partial charge in [0.25, 0.3) is 5.91 Å². The predicted molar refractivity (Wildman–Crippen MR) is 120 cm³/mol. The number of nitrogens with two attached hydrogens (primary N) is 1. The number of carbonyl (C=O) groups is 2. The van der Waals surface area contributed by atoms with Gasteiger partial charge < -0.3 is 15.7 Å². The summed E-state index contributed by atoms with van der Waals surface area (Å²) < 4.78 is 0.701. The molecule has 0 aliphatic carbocycles. The predicted octanol–water partition coefficient (Wildman–Crippen LogP) is 4.69. The number of anilines is 2. The lowest BCUT2D eigenvalue weighted by Gasteiger charge is -2.23. The molecule has 7 heteroatoms. The molecular weight excluding hydrogens is 468 g/mol. The van der Waals surface area contributed by atoms with Crippen molar-refractivity contribution in [3.63, 3.8) is 0 Å². The Hall–Kier alpha value is -2.67. The van der Waals surface area contributed by atoms with Crippen molar-refractivity contribution in [2.75, 3.05) is 10.6 Å². The molecule has 0 bridgehead atoms. The molecule has 0 saturated heterocycles. The highest BCUT2D eigenvalue weighted by Crippen LogP contribution is 2.45. The molecule has 0 saturated carbocycles. The smallest absolute Gasteiger partial charge is 0.264 e. The van der Waals surface area contributed by atoms with E-state index in [4.69, 9.17) is 17.3 Å². The number of nitrogens with zero attached hydrogens (tertiary/aromatic N) is 1. The van der Waals surface area contributed by atoms with E-state index in [0.29, 0.717) is 32.0 Å². The minimum Gasteiger partial charge on any atom is -0.399 e. The number of ketones is 1. The molecule has 30 heavy (non-hydrogen) atoms. The standard InChI is InChI=1S/C23H18BrClN2O3/c24-16-7-10-20-18(11-16)23(30,12-21(28)14-5-8-17(26)9-6-14)22(29)27(20)13-15-3-1-2-4-19(15)25/h1-11,30H,12-13,26H2/t23-/m0/s1. The average molecular weight is 486 g/mol. The first-order chi connectivity index (χ1) is 14.3. The molecule has 0 unspecified atom stereocenters. The second kappa shape index (κ2) is 7.87. The van der Waals surface area contributed by atoms with Crippen LogP contribution in [0, 0.1) is 0 Å². The Labute approximate surface area is 187 Å². The molecule has 1 heterocycles. The van der Waals surface area contributed by atoms with Crippen LogP contribution in [-0.4, -0.2) is 16.8 Å². The highest BCUT2D eigenvalue weighted by molar-refractivity contribution is 9.10. The van der Waals surface area contributed by atoms with Crippen molar-refractivity contribution in [2.24, 2.45) is 0 Å². The molecule has 0 spiro atoms. The van der Waals surface area contributed by atoms with Crippen molar-refractivity contribution in [1.29, 1.82) is 0 Å². The second-order valence-electron chi connectivity index (χ2n) is 7.23. The zero-order valence-electron chi connectivity index (χ0n) is 15.8. The number of rotatable bonds is 5. The fraction of sp³-hybridized carbons (Fsp3) is 0.130. The highest BCUT2D eigenvalue weighted by Gasteiger charge is 2.51. The number of carbonyl (C=O) groups excluding carboxylic acids is 2. The van der Waals surface area contributed by atoms with E-state index in [-0.39, 0.29) is 18.7 Å². The summed E-state index contributed by atoms with van der Waals surface area (Å²) in [5.41, 5.74) is 6.31. The van der Waals surface area contributed by atoms with Gasteiger partial charge in [0.15, 0.2) is 11.4 Å². The number of aliphatic hydroxyl groups is 1. The SMILES string of the molecule is Nc1ccc(C(=O)C[C@@]2(O)C(=O)N(Cc3ccccc3Cl)c3ccc(Br)cc32)cc1. The summed E-state index contributed by atoms with van der Waals surface area (Å²) in [6, 6.07) is 18.8. The van der Waals surface area contributed by atoms with Gasteiger partial charge in [0.1, 0.15) is 0 Å². The lowest BCUT2D eigenvalue weighted by Crippen LogP contribution is -2.41. The van der Waals surface area contributed by atoms with Gasteiger partial charge in [-0.3, -0.25) is 9.59 Å². The van der Waals surface area contributed by atoms with Crippen LogP contribution in [0.25, 0.3) is 0 Å². The van der Waals surface area contributed by atoms with Crippen LogP contribution in [0.15, 0.2) is 71.2 Å². The third-order valence-corrected chi connectivity index (χ3v) is 6.09. The summed E-state index contributed by atoms with van der Waals surface area (Å²) in [4.78, 5) is 27.7. The van der Waals surface area contributed by atoms with Gasteiger partial charge in [-0.2, -0.15) is 0 Å². The van der Waals surface area contributed by atoms with Crippen molar-refractivity contribution in [1.82, 2.24) is 0 Å². The summed E-state index contributed by atoms with van der Waals surface area (Å²) in [6.45, 7) is 0.186. The fourth-order valence-corrected chi connectivity index (χ4v) is 4.21. The van der Waals surface area contributed by atoms with Crippen LogP contribution in [0.3, 0.4) is 0 Å². The molecule has 3 aromatic carbocycles. The lowest BCUT2D eigenvalue weighted by molar-refractivity contribution is -0.136. The summed E-state index contributed by atoms with van der Waals surface area (Å²) in [6.07, 6.45) is -0.377. The van der Waals surface area contributed by atoms with Gasteiger partial charge in [-0.25, -0.2) is 0 Å². The largest absolute Gasteiger partial charge is 0.399 e. The van der Waals surface area contributed by atoms with Gasteiger partial charge in [-0.05, 0) is 54.1 Å². The summed E-state index contributed by atoms with van der Waals surface area (Å²) in [5, 5.41) is 12.0. The Morgan fingerprint density at radius 1 is 1.10 bits per heavy atom. The molecule has 1 amide bonds. The summed E-state index contributed by atoms with van der Waals surface area (Å²) in [7, 11) is 0. The number of hydrogen-bond acceptors (Lipinski definition) is 4. The van der Waals surface area contributed by atoms with Gasteiger partial charge in [0.2, 0.25) is 0 Å². The summed E-state index contributed by atoms with van der Waals surface area (Å²) >= 11 is 9.67. The van der Waals surface area contributed by atoms with Crippen LogP contribution >= 0.6 is 27.5 Å². The van der Waals surface area contributed by atoms with E-state index in [9.17, 15) is 14.7 Å². The third kappa shape index (κ3) is 3.62. The van der Waals surface area contributed by atoms with Gasteiger partial charge in [-0.1, -0.05) is 45.7 Å². The van der Waals surface area contributed by atoms with Crippen LogP contribution in [0.5, 0.6) is 0 Å². The number of amides is 1. The first-order valence-electron chi connectivity index (χ1n) is 9.26. The van der Waals surface area contributed by atoms with E-state index >= 15 is 0 Å². The fourth-order valence-electron chi connectivity index (χ4n) is 3.65. The number of hydrogen-bond donors (Lipinski definition) is 2. The van der Waals surface area contributed by atoms with Crippen LogP contribution < -0.4 is 10.6 Å². The van der Waals surface area contributed by atoms with Gasteiger partial charge in [0, 0.05) is 26.3 Å². The lowest BCUT2D eigenvalue weighted by atomic mass is 9.88. The first kappa shape index (κ1) is 20.6. The second-order valence-corrected chi connectivity index (χ2v) is 8.55. The Bertz CT molecular complexity index is 1150. The Kier molecular flexibility index (Phi) is 5.40. The number of halogens is 2. The summed E-state index contributed by atoms with van der Waals surface area (Å²) in [5.74, 6) is -0.907. The Balaban J connectivity index is 1.72. The average Bonchev–Trinajstić information content (AvgIpc) is 2.91. The van der Waals surface area contributed by atoms with Crippen molar-refractivity contribution in [2.45, 2.75) is 18.6 Å². The maximum atomic E-state index is 13.4. The maximum absolute atomic E-state index is 13.4. The zero-order chi connectivity index (χ0) is 21.5. The molecule has 1 aliphatic rings. The minimum atomic E-state index is -1.97. The molecule has 4 rings (SSSR count). The Morgan fingerprint density at radius 2 is 1.80 bits per heavy atom. The zero-order valence-corrected chi connectivity index (χ0v) is 18.2. The molecule has 3 aromatic rings. The molecule has 1 atom stereocenters. The van der Waals surface area contributed by atoms with Crippen LogP contribution in [-0.2, 0) is 16.9 Å². The van der Waals surface area contributed by atoms with Crippen LogP contribution in [0.1, 0.15) is 27.9 Å². The van der Waals surface area contributed by atoms with Gasteiger partial charge in [-0.15, -0.1) is 0 Å². The van der Waals surface area contributed by atoms with Crippen LogP contribution in [0.2, 0.25) is 5.02 Å². The molecule has 1 aliphatic heterocycles. The van der Waals surface area contributed by atoms with E-state index in [1.807, 2.05) is 18.2 Å². The molecule has 0 aromatic heterocycles. The van der Waals surface area contributed by atoms with Gasteiger partial charge in [0.05, 0.1) is 18.7 Å². The monoisotopic (exact) mass is 484 g/mol. The molecule has 152 valence electrons. The van der Waals surface area contributed by atoms with E-state index < -0.39 is 11.5 Å². The number of benzene rings is 3. The normalized spacial score (nSPS) is 17.8. The van der Waals surface area contributed by atoms with E-state index in [0.717, 1.165) is 5.56 Å².